The summed E-state index contributed by atoms with van der Waals surface area (Å²) in [5, 5.41) is 0. The number of imidazole rings is 1. The Morgan fingerprint density at radius 3 is 2.53 bits per heavy atom. The second kappa shape index (κ2) is 5.56. The van der Waals surface area contributed by atoms with Crippen LogP contribution in [0.2, 0.25) is 0 Å². The van der Waals surface area contributed by atoms with Crippen LogP contribution in [0.3, 0.4) is 0 Å². The van der Waals surface area contributed by atoms with Crippen LogP contribution < -0.4 is 4.74 Å². The van der Waals surface area contributed by atoms with Gasteiger partial charge < -0.3 is 14.5 Å². The van der Waals surface area contributed by atoms with Crippen molar-refractivity contribution >= 4 is 5.97 Å². The van der Waals surface area contributed by atoms with E-state index in [9.17, 15) is 4.79 Å². The molecular weight excluding hydrogens is 244 g/mol. The number of carbonyl (C=O) groups is 1. The quantitative estimate of drug-likeness (QED) is 0.857. The molecular formula is C14H16N2O3. The molecule has 1 aromatic heterocycles. The minimum atomic E-state index is -0.416. The molecule has 5 heteroatoms. The van der Waals surface area contributed by atoms with Gasteiger partial charge >= 0.3 is 5.97 Å². The number of H-pyrrole nitrogens is 1. The number of aromatic nitrogens is 2. The predicted octanol–water partition coefficient (Wildman–Crippen LogP) is 2.36. The zero-order valence-corrected chi connectivity index (χ0v) is 11.1. The summed E-state index contributed by atoms with van der Waals surface area (Å²) in [6.07, 6.45) is 1.49. The van der Waals surface area contributed by atoms with E-state index < -0.39 is 5.97 Å². The standard InChI is InChI=1S/C14H16N2O3/c1-9(10-4-6-11(18-2)7-5-10)13-15-8-12(16-13)14(17)19-3/h4-9H,1-3H3,(H,15,16). The third-order valence-corrected chi connectivity index (χ3v) is 3.03. The molecule has 1 atom stereocenters. The summed E-state index contributed by atoms with van der Waals surface area (Å²) < 4.78 is 9.76. The number of esters is 1. The highest BCUT2D eigenvalue weighted by Gasteiger charge is 2.15. The van der Waals surface area contributed by atoms with Crippen LogP contribution in [0, 0.1) is 0 Å². The maximum atomic E-state index is 11.4. The van der Waals surface area contributed by atoms with Crippen LogP contribution in [0.15, 0.2) is 30.5 Å². The third-order valence-electron chi connectivity index (χ3n) is 3.03. The highest BCUT2D eigenvalue weighted by Crippen LogP contribution is 2.23. The molecule has 0 aliphatic heterocycles. The van der Waals surface area contributed by atoms with Crippen LogP contribution in [0.1, 0.15) is 34.7 Å². The van der Waals surface area contributed by atoms with Crippen LogP contribution in [0.25, 0.3) is 0 Å². The van der Waals surface area contributed by atoms with E-state index in [1.807, 2.05) is 31.2 Å². The van der Waals surface area contributed by atoms with Gasteiger partial charge in [0.25, 0.3) is 0 Å². The number of aromatic amines is 1. The van der Waals surface area contributed by atoms with Crippen molar-refractivity contribution in [2.45, 2.75) is 12.8 Å². The zero-order chi connectivity index (χ0) is 13.8. The Labute approximate surface area is 111 Å². The number of ether oxygens (including phenoxy) is 2. The van der Waals surface area contributed by atoms with Gasteiger partial charge in [-0.1, -0.05) is 19.1 Å². The van der Waals surface area contributed by atoms with E-state index in [4.69, 9.17) is 4.74 Å². The van der Waals surface area contributed by atoms with Crippen LogP contribution >= 0.6 is 0 Å². The first-order chi connectivity index (χ1) is 9.15. The van der Waals surface area contributed by atoms with Crippen molar-refractivity contribution < 1.29 is 14.3 Å². The fourth-order valence-corrected chi connectivity index (χ4v) is 1.82. The number of carbonyl (C=O) groups excluding carboxylic acids is 1. The van der Waals surface area contributed by atoms with E-state index in [1.165, 1.54) is 13.3 Å². The van der Waals surface area contributed by atoms with Gasteiger partial charge in [-0.3, -0.25) is 0 Å². The molecule has 1 aromatic carbocycles. The molecule has 0 fully saturated rings. The molecule has 1 unspecified atom stereocenters. The molecule has 2 aromatic rings. The number of hydrogen-bond acceptors (Lipinski definition) is 4. The molecule has 0 radical (unpaired) electrons. The topological polar surface area (TPSA) is 64.2 Å². The number of nitrogens with one attached hydrogen (secondary N) is 1. The first kappa shape index (κ1) is 13.1. The molecule has 0 aliphatic rings. The van der Waals surface area contributed by atoms with Crippen molar-refractivity contribution in [3.8, 4) is 5.75 Å². The normalized spacial score (nSPS) is 11.9. The maximum Gasteiger partial charge on any atom is 0.356 e. The van der Waals surface area contributed by atoms with Gasteiger partial charge in [-0.25, -0.2) is 9.78 Å². The fraction of sp³-hybridized carbons (Fsp3) is 0.286. The Balaban J connectivity index is 2.20. The van der Waals surface area contributed by atoms with E-state index in [0.29, 0.717) is 5.69 Å². The highest BCUT2D eigenvalue weighted by molar-refractivity contribution is 5.86. The highest BCUT2D eigenvalue weighted by atomic mass is 16.5. The maximum absolute atomic E-state index is 11.4. The first-order valence-electron chi connectivity index (χ1n) is 5.93. The minimum Gasteiger partial charge on any atom is -0.497 e. The Morgan fingerprint density at radius 2 is 1.95 bits per heavy atom. The molecule has 1 N–H and O–H groups in total. The van der Waals surface area contributed by atoms with Crippen molar-refractivity contribution in [1.29, 1.82) is 0 Å². The summed E-state index contributed by atoms with van der Waals surface area (Å²) in [6, 6.07) is 7.75. The second-order valence-electron chi connectivity index (χ2n) is 4.17. The lowest BCUT2D eigenvalue weighted by molar-refractivity contribution is 0.0594. The summed E-state index contributed by atoms with van der Waals surface area (Å²) in [7, 11) is 2.98. The van der Waals surface area contributed by atoms with Gasteiger partial charge in [0.15, 0.2) is 0 Å². The van der Waals surface area contributed by atoms with Gasteiger partial charge in [0.05, 0.1) is 20.4 Å². The largest absolute Gasteiger partial charge is 0.497 e. The fourth-order valence-electron chi connectivity index (χ4n) is 1.82. The van der Waals surface area contributed by atoms with Crippen molar-refractivity contribution in [3.63, 3.8) is 0 Å². The summed E-state index contributed by atoms with van der Waals surface area (Å²) in [4.78, 5) is 18.5. The molecule has 0 spiro atoms. The predicted molar refractivity (Wildman–Crippen MR) is 70.4 cm³/mol. The zero-order valence-electron chi connectivity index (χ0n) is 11.1. The van der Waals surface area contributed by atoms with Gasteiger partial charge in [-0.05, 0) is 17.7 Å². The van der Waals surface area contributed by atoms with Crippen molar-refractivity contribution in [3.05, 3.63) is 47.5 Å². The molecule has 0 saturated carbocycles. The molecule has 0 bridgehead atoms. The summed E-state index contributed by atoms with van der Waals surface area (Å²) in [5.74, 6) is 1.18. The Morgan fingerprint density at radius 1 is 1.26 bits per heavy atom. The van der Waals surface area contributed by atoms with E-state index in [-0.39, 0.29) is 5.92 Å². The van der Waals surface area contributed by atoms with E-state index in [2.05, 4.69) is 14.7 Å². The number of rotatable bonds is 4. The summed E-state index contributed by atoms with van der Waals surface area (Å²) in [6.45, 7) is 2.02. The summed E-state index contributed by atoms with van der Waals surface area (Å²) >= 11 is 0. The van der Waals surface area contributed by atoms with Gasteiger partial charge in [-0.2, -0.15) is 0 Å². The molecule has 100 valence electrons. The smallest absolute Gasteiger partial charge is 0.356 e. The van der Waals surface area contributed by atoms with Crippen molar-refractivity contribution in [2.75, 3.05) is 14.2 Å². The number of benzene rings is 1. The lowest BCUT2D eigenvalue weighted by Gasteiger charge is -2.09. The molecule has 0 saturated heterocycles. The van der Waals surface area contributed by atoms with Gasteiger partial charge in [0.1, 0.15) is 17.3 Å². The van der Waals surface area contributed by atoms with Crippen LogP contribution in [0.4, 0.5) is 0 Å². The first-order valence-corrected chi connectivity index (χ1v) is 5.93. The molecule has 5 nitrogen and oxygen atoms in total. The van der Waals surface area contributed by atoms with Gasteiger partial charge in [0.2, 0.25) is 0 Å². The Bertz CT molecular complexity index is 560. The number of methoxy groups -OCH3 is 2. The Hall–Kier alpha value is -2.30. The van der Waals surface area contributed by atoms with E-state index >= 15 is 0 Å². The molecule has 1 heterocycles. The van der Waals surface area contributed by atoms with Crippen LogP contribution in [0.5, 0.6) is 5.75 Å². The van der Waals surface area contributed by atoms with Crippen LogP contribution in [-0.4, -0.2) is 30.2 Å². The molecule has 19 heavy (non-hydrogen) atoms. The van der Waals surface area contributed by atoms with E-state index in [0.717, 1.165) is 17.1 Å². The van der Waals surface area contributed by atoms with E-state index in [1.54, 1.807) is 7.11 Å². The van der Waals surface area contributed by atoms with Crippen molar-refractivity contribution in [2.24, 2.45) is 0 Å². The van der Waals surface area contributed by atoms with Gasteiger partial charge in [-0.15, -0.1) is 0 Å². The van der Waals surface area contributed by atoms with Crippen LogP contribution in [-0.2, 0) is 4.74 Å². The SMILES string of the molecule is COC(=O)c1cnc(C(C)c2ccc(OC)cc2)[nH]1. The molecule has 2 rings (SSSR count). The monoisotopic (exact) mass is 260 g/mol. The lowest BCUT2D eigenvalue weighted by atomic mass is 10.0. The van der Waals surface area contributed by atoms with Crippen molar-refractivity contribution in [1.82, 2.24) is 9.97 Å². The molecule has 0 amide bonds. The number of nitrogens with zero attached hydrogens (tertiary/aromatic N) is 1. The summed E-state index contributed by atoms with van der Waals surface area (Å²) in [5.41, 5.74) is 1.45. The molecule has 0 aliphatic carbocycles. The number of hydrogen-bond donors (Lipinski definition) is 1. The third kappa shape index (κ3) is 2.76. The Kier molecular flexibility index (Phi) is 3.85. The average Bonchev–Trinajstić information content (AvgIpc) is 2.95. The second-order valence-corrected chi connectivity index (χ2v) is 4.17. The van der Waals surface area contributed by atoms with Gasteiger partial charge in [0, 0.05) is 5.92 Å². The lowest BCUT2D eigenvalue weighted by Crippen LogP contribution is -2.03. The minimum absolute atomic E-state index is 0.0595. The average molecular weight is 260 g/mol.